The van der Waals surface area contributed by atoms with Gasteiger partial charge in [0.15, 0.2) is 11.6 Å². The normalized spacial score (nSPS) is 22.0. The summed E-state index contributed by atoms with van der Waals surface area (Å²) >= 11 is 0. The smallest absolute Gasteiger partial charge is 0.172 e. The van der Waals surface area contributed by atoms with Crippen molar-refractivity contribution in [2.45, 2.75) is 18.9 Å². The molecule has 2 aromatic rings. The van der Waals surface area contributed by atoms with Crippen LogP contribution in [0.5, 0.6) is 0 Å². The molecule has 2 aliphatic rings. The SMILES string of the molecule is CN(C)c1nccnc1N1CCC2CCN(c3cccc(C#N)n3)C2C1. The summed E-state index contributed by atoms with van der Waals surface area (Å²) in [6.45, 7) is 2.90. The van der Waals surface area contributed by atoms with E-state index >= 15 is 0 Å². The van der Waals surface area contributed by atoms with Crippen molar-refractivity contribution in [1.29, 1.82) is 5.26 Å². The van der Waals surface area contributed by atoms with Gasteiger partial charge in [-0.3, -0.25) is 0 Å². The maximum absolute atomic E-state index is 9.15. The minimum atomic E-state index is 0.391. The first-order valence-electron chi connectivity index (χ1n) is 9.04. The third-order valence-electron chi connectivity index (χ3n) is 5.39. The van der Waals surface area contributed by atoms with E-state index in [-0.39, 0.29) is 0 Å². The number of anilines is 3. The van der Waals surface area contributed by atoms with Gasteiger partial charge in [-0.05, 0) is 30.9 Å². The zero-order valence-corrected chi connectivity index (χ0v) is 15.2. The van der Waals surface area contributed by atoms with Crippen LogP contribution >= 0.6 is 0 Å². The molecule has 7 nitrogen and oxygen atoms in total. The molecule has 0 N–H and O–H groups in total. The van der Waals surface area contributed by atoms with Gasteiger partial charge in [0.05, 0.1) is 6.04 Å². The molecule has 0 aliphatic carbocycles. The van der Waals surface area contributed by atoms with Crippen LogP contribution in [0.25, 0.3) is 0 Å². The fourth-order valence-electron chi connectivity index (χ4n) is 4.12. The Morgan fingerprint density at radius 3 is 2.77 bits per heavy atom. The van der Waals surface area contributed by atoms with Gasteiger partial charge in [-0.2, -0.15) is 5.26 Å². The maximum Gasteiger partial charge on any atom is 0.172 e. The lowest BCUT2D eigenvalue weighted by Crippen LogP contribution is -2.49. The monoisotopic (exact) mass is 349 g/mol. The van der Waals surface area contributed by atoms with Crippen molar-refractivity contribution in [3.63, 3.8) is 0 Å². The molecule has 26 heavy (non-hydrogen) atoms. The molecule has 4 rings (SSSR count). The van der Waals surface area contributed by atoms with Crippen molar-refractivity contribution in [3.8, 4) is 6.07 Å². The standard InChI is InChI=1S/C19H23N7/c1-24(2)18-19(22-9-8-21-18)25-10-6-14-7-11-26(16(14)13-25)17-5-3-4-15(12-20)23-17/h3-5,8-9,14,16H,6-7,10-11,13H2,1-2H3. The van der Waals surface area contributed by atoms with Gasteiger partial charge < -0.3 is 14.7 Å². The van der Waals surface area contributed by atoms with Crippen molar-refractivity contribution in [2.24, 2.45) is 5.92 Å². The minimum absolute atomic E-state index is 0.391. The third kappa shape index (κ3) is 2.92. The van der Waals surface area contributed by atoms with E-state index in [1.165, 1.54) is 6.42 Å². The molecule has 134 valence electrons. The molecule has 0 saturated carbocycles. The van der Waals surface area contributed by atoms with Crippen LogP contribution in [0.1, 0.15) is 18.5 Å². The van der Waals surface area contributed by atoms with Crippen LogP contribution in [-0.4, -0.2) is 54.7 Å². The van der Waals surface area contributed by atoms with Gasteiger partial charge in [-0.15, -0.1) is 0 Å². The number of fused-ring (bicyclic) bond motifs is 1. The lowest BCUT2D eigenvalue weighted by Gasteiger charge is -2.40. The number of hydrogen-bond acceptors (Lipinski definition) is 7. The second-order valence-electron chi connectivity index (χ2n) is 7.13. The van der Waals surface area contributed by atoms with E-state index in [0.29, 0.717) is 17.7 Å². The summed E-state index contributed by atoms with van der Waals surface area (Å²) in [6.07, 6.45) is 5.82. The Bertz CT molecular complexity index is 829. The number of aromatic nitrogens is 3. The average molecular weight is 349 g/mol. The van der Waals surface area contributed by atoms with Gasteiger partial charge >= 0.3 is 0 Å². The Labute approximate surface area is 153 Å². The number of nitrogens with zero attached hydrogens (tertiary/aromatic N) is 7. The van der Waals surface area contributed by atoms with Gasteiger partial charge in [0, 0.05) is 46.1 Å². The molecule has 2 saturated heterocycles. The van der Waals surface area contributed by atoms with Crippen LogP contribution in [0.3, 0.4) is 0 Å². The molecule has 2 atom stereocenters. The van der Waals surface area contributed by atoms with Gasteiger partial charge in [-0.1, -0.05) is 6.07 Å². The van der Waals surface area contributed by atoms with Crippen LogP contribution in [0.15, 0.2) is 30.6 Å². The summed E-state index contributed by atoms with van der Waals surface area (Å²) in [4.78, 5) is 20.3. The highest BCUT2D eigenvalue weighted by atomic mass is 15.3. The second kappa shape index (κ2) is 6.79. The third-order valence-corrected chi connectivity index (χ3v) is 5.39. The summed E-state index contributed by atoms with van der Waals surface area (Å²) in [5.74, 6) is 3.42. The summed E-state index contributed by atoms with van der Waals surface area (Å²) < 4.78 is 0. The Hall–Kier alpha value is -2.88. The van der Waals surface area contributed by atoms with E-state index in [2.05, 4.69) is 30.8 Å². The predicted molar refractivity (Wildman–Crippen MR) is 101 cm³/mol. The van der Waals surface area contributed by atoms with Crippen LogP contribution in [0, 0.1) is 17.2 Å². The van der Waals surface area contributed by atoms with E-state index in [9.17, 15) is 0 Å². The van der Waals surface area contributed by atoms with Crippen molar-refractivity contribution in [1.82, 2.24) is 15.0 Å². The van der Waals surface area contributed by atoms with E-state index in [0.717, 1.165) is 43.5 Å². The van der Waals surface area contributed by atoms with Gasteiger partial charge in [-0.25, -0.2) is 15.0 Å². The Morgan fingerprint density at radius 2 is 1.96 bits per heavy atom. The highest BCUT2D eigenvalue weighted by Crippen LogP contribution is 2.36. The van der Waals surface area contributed by atoms with Crippen LogP contribution in [-0.2, 0) is 0 Å². The molecule has 2 fully saturated rings. The van der Waals surface area contributed by atoms with E-state index in [1.54, 1.807) is 18.5 Å². The first-order chi connectivity index (χ1) is 12.7. The van der Waals surface area contributed by atoms with Crippen LogP contribution < -0.4 is 14.7 Å². The fourth-order valence-corrected chi connectivity index (χ4v) is 4.12. The van der Waals surface area contributed by atoms with E-state index in [1.807, 2.05) is 31.1 Å². The average Bonchev–Trinajstić information content (AvgIpc) is 3.11. The molecule has 0 aromatic carbocycles. The van der Waals surface area contributed by atoms with Crippen molar-refractivity contribution in [2.75, 3.05) is 48.4 Å². The number of piperidine rings is 1. The Kier molecular flexibility index (Phi) is 4.33. The highest BCUT2D eigenvalue weighted by Gasteiger charge is 2.40. The van der Waals surface area contributed by atoms with Crippen molar-refractivity contribution in [3.05, 3.63) is 36.3 Å². The quantitative estimate of drug-likeness (QED) is 0.838. The van der Waals surface area contributed by atoms with Crippen LogP contribution in [0.2, 0.25) is 0 Å². The van der Waals surface area contributed by atoms with Crippen molar-refractivity contribution >= 4 is 17.5 Å². The zero-order valence-electron chi connectivity index (χ0n) is 15.2. The molecule has 0 radical (unpaired) electrons. The number of rotatable bonds is 3. The molecule has 4 heterocycles. The zero-order chi connectivity index (χ0) is 18.1. The summed E-state index contributed by atoms with van der Waals surface area (Å²) in [7, 11) is 4.00. The Balaban J connectivity index is 1.60. The highest BCUT2D eigenvalue weighted by molar-refractivity contribution is 5.62. The van der Waals surface area contributed by atoms with Crippen LogP contribution in [0.4, 0.5) is 17.5 Å². The van der Waals surface area contributed by atoms with E-state index in [4.69, 9.17) is 5.26 Å². The topological polar surface area (TPSA) is 72.2 Å². The largest absolute Gasteiger partial charge is 0.360 e. The van der Waals surface area contributed by atoms with Crippen molar-refractivity contribution < 1.29 is 0 Å². The molecule has 2 aliphatic heterocycles. The molecular formula is C19H23N7. The van der Waals surface area contributed by atoms with Gasteiger partial charge in [0.25, 0.3) is 0 Å². The maximum atomic E-state index is 9.15. The Morgan fingerprint density at radius 1 is 1.15 bits per heavy atom. The summed E-state index contributed by atoms with van der Waals surface area (Å²) in [5, 5.41) is 9.15. The summed E-state index contributed by atoms with van der Waals surface area (Å²) in [5.41, 5.74) is 0.474. The second-order valence-corrected chi connectivity index (χ2v) is 7.13. The predicted octanol–water partition coefficient (Wildman–Crippen LogP) is 1.91. The van der Waals surface area contributed by atoms with Gasteiger partial charge in [0.2, 0.25) is 0 Å². The molecule has 0 spiro atoms. The van der Waals surface area contributed by atoms with Gasteiger partial charge in [0.1, 0.15) is 17.6 Å². The molecule has 0 amide bonds. The summed E-state index contributed by atoms with van der Waals surface area (Å²) in [6, 6.07) is 8.22. The number of nitriles is 1. The fraction of sp³-hybridized carbons (Fsp3) is 0.474. The lowest BCUT2D eigenvalue weighted by atomic mass is 9.92. The lowest BCUT2D eigenvalue weighted by molar-refractivity contribution is 0.388. The number of hydrogen-bond donors (Lipinski definition) is 0. The number of pyridine rings is 1. The molecule has 7 heteroatoms. The molecular weight excluding hydrogens is 326 g/mol. The molecule has 2 aromatic heterocycles. The first-order valence-corrected chi connectivity index (χ1v) is 9.04. The van der Waals surface area contributed by atoms with E-state index < -0.39 is 0 Å². The molecule has 0 bridgehead atoms. The first kappa shape index (κ1) is 16.6. The minimum Gasteiger partial charge on any atom is -0.360 e. The molecule has 2 unspecified atom stereocenters.